The van der Waals surface area contributed by atoms with E-state index in [4.69, 9.17) is 0 Å². The molecule has 1 atom stereocenters. The van der Waals surface area contributed by atoms with Gasteiger partial charge in [0, 0.05) is 19.0 Å². The zero-order valence-electron chi connectivity index (χ0n) is 12.6. The topological polar surface area (TPSA) is 41.1 Å². The van der Waals surface area contributed by atoms with Crippen molar-refractivity contribution in [2.75, 3.05) is 13.1 Å². The number of carbonyl (C=O) groups is 1. The molecule has 1 saturated carbocycles. The van der Waals surface area contributed by atoms with Crippen molar-refractivity contribution >= 4 is 5.91 Å². The molecule has 0 radical (unpaired) electrons. The lowest BCUT2D eigenvalue weighted by Crippen LogP contribution is -2.54. The van der Waals surface area contributed by atoms with Gasteiger partial charge in [0.2, 0.25) is 5.91 Å². The van der Waals surface area contributed by atoms with E-state index >= 15 is 0 Å². The first kappa shape index (κ1) is 14.8. The average molecular weight is 266 g/mol. The minimum Gasteiger partial charge on any atom is -0.353 e. The molecule has 1 aliphatic carbocycles. The Hall–Kier alpha value is -0.570. The van der Waals surface area contributed by atoms with Gasteiger partial charge < -0.3 is 10.6 Å². The van der Waals surface area contributed by atoms with Gasteiger partial charge in [-0.1, -0.05) is 39.5 Å². The predicted molar refractivity (Wildman–Crippen MR) is 79.0 cm³/mol. The number of nitrogens with one attached hydrogen (secondary N) is 2. The molecule has 0 bridgehead atoms. The van der Waals surface area contributed by atoms with Gasteiger partial charge in [-0.25, -0.2) is 0 Å². The van der Waals surface area contributed by atoms with Gasteiger partial charge in [0.25, 0.3) is 0 Å². The highest BCUT2D eigenvalue weighted by Crippen LogP contribution is 2.27. The fourth-order valence-electron chi connectivity index (χ4n) is 3.52. The molecule has 0 spiro atoms. The monoisotopic (exact) mass is 266 g/mol. The van der Waals surface area contributed by atoms with E-state index in [0.29, 0.717) is 12.0 Å². The van der Waals surface area contributed by atoms with Crippen LogP contribution in [0.1, 0.15) is 65.2 Å². The highest BCUT2D eigenvalue weighted by atomic mass is 16.1. The Balaban J connectivity index is 1.79. The number of carbonyl (C=O) groups excluding carboxylic acids is 1. The molecular weight excluding hydrogens is 236 g/mol. The van der Waals surface area contributed by atoms with E-state index in [-0.39, 0.29) is 11.3 Å². The molecule has 3 nitrogen and oxygen atoms in total. The van der Waals surface area contributed by atoms with Crippen molar-refractivity contribution in [3.63, 3.8) is 0 Å². The van der Waals surface area contributed by atoms with Crippen LogP contribution >= 0.6 is 0 Å². The molecule has 0 aromatic carbocycles. The molecule has 2 N–H and O–H groups in total. The Morgan fingerprint density at radius 1 is 1.16 bits per heavy atom. The Morgan fingerprint density at radius 2 is 1.84 bits per heavy atom. The number of piperidine rings is 1. The van der Waals surface area contributed by atoms with Crippen molar-refractivity contribution in [3.8, 4) is 0 Å². The van der Waals surface area contributed by atoms with Crippen molar-refractivity contribution in [1.82, 2.24) is 10.6 Å². The van der Waals surface area contributed by atoms with Crippen molar-refractivity contribution in [2.45, 2.75) is 71.3 Å². The number of hydrogen-bond donors (Lipinski definition) is 2. The lowest BCUT2D eigenvalue weighted by molar-refractivity contribution is -0.123. The quantitative estimate of drug-likeness (QED) is 0.771. The fraction of sp³-hybridized carbons (Fsp3) is 0.938. The van der Waals surface area contributed by atoms with Gasteiger partial charge in [0.1, 0.15) is 0 Å². The van der Waals surface area contributed by atoms with Crippen molar-refractivity contribution in [1.29, 1.82) is 0 Å². The highest BCUT2D eigenvalue weighted by Gasteiger charge is 2.33. The molecule has 2 rings (SSSR count). The summed E-state index contributed by atoms with van der Waals surface area (Å²) in [6.07, 6.45) is 9.67. The van der Waals surface area contributed by atoms with Crippen LogP contribution in [0.25, 0.3) is 0 Å². The molecule has 1 saturated heterocycles. The van der Waals surface area contributed by atoms with E-state index in [1.165, 1.54) is 38.5 Å². The second-order valence-electron chi connectivity index (χ2n) is 7.14. The molecular formula is C16H30N2O. The summed E-state index contributed by atoms with van der Waals surface area (Å²) in [7, 11) is 0. The predicted octanol–water partition coefficient (Wildman–Crippen LogP) is 2.85. The van der Waals surface area contributed by atoms with Crippen LogP contribution in [-0.4, -0.2) is 25.0 Å². The Bertz CT molecular complexity index is 293. The maximum absolute atomic E-state index is 12.2. The summed E-state index contributed by atoms with van der Waals surface area (Å²) in [6.45, 7) is 6.52. The third kappa shape index (κ3) is 4.48. The first-order valence-corrected chi connectivity index (χ1v) is 8.08. The third-order valence-electron chi connectivity index (χ3n) is 4.92. The van der Waals surface area contributed by atoms with E-state index in [0.717, 1.165) is 25.9 Å². The van der Waals surface area contributed by atoms with Crippen LogP contribution in [0.2, 0.25) is 0 Å². The van der Waals surface area contributed by atoms with Crippen molar-refractivity contribution in [3.05, 3.63) is 0 Å². The summed E-state index contributed by atoms with van der Waals surface area (Å²) in [4.78, 5) is 12.2. The fourth-order valence-corrected chi connectivity index (χ4v) is 3.52. The Morgan fingerprint density at radius 3 is 2.47 bits per heavy atom. The van der Waals surface area contributed by atoms with E-state index in [2.05, 4.69) is 24.5 Å². The van der Waals surface area contributed by atoms with Gasteiger partial charge in [0.05, 0.1) is 0 Å². The van der Waals surface area contributed by atoms with Gasteiger partial charge >= 0.3 is 0 Å². The maximum Gasteiger partial charge on any atom is 0.220 e. The first-order chi connectivity index (χ1) is 9.08. The molecule has 1 heterocycles. The van der Waals surface area contributed by atoms with E-state index in [1.54, 1.807) is 0 Å². The molecule has 2 aliphatic rings. The van der Waals surface area contributed by atoms with Crippen LogP contribution < -0.4 is 10.6 Å². The van der Waals surface area contributed by atoms with Crippen LogP contribution in [0.5, 0.6) is 0 Å². The minimum atomic E-state index is 0.178. The third-order valence-corrected chi connectivity index (χ3v) is 4.92. The molecule has 2 fully saturated rings. The van der Waals surface area contributed by atoms with Gasteiger partial charge in [-0.05, 0) is 37.1 Å². The number of amides is 1. The standard InChI is InChI=1S/C16H30N2O/c1-16(2)12-17-10-9-14(16)18-15(19)11-13-7-5-3-4-6-8-13/h13-14,17H,3-12H2,1-2H3,(H,18,19). The van der Waals surface area contributed by atoms with Crippen LogP contribution in [-0.2, 0) is 4.79 Å². The Labute approximate surface area is 117 Å². The van der Waals surface area contributed by atoms with Crippen LogP contribution in [0.4, 0.5) is 0 Å². The molecule has 19 heavy (non-hydrogen) atoms. The SMILES string of the molecule is CC1(C)CNCCC1NC(=O)CC1CCCCCC1. The van der Waals surface area contributed by atoms with Gasteiger partial charge in [0.15, 0.2) is 0 Å². The summed E-state index contributed by atoms with van der Waals surface area (Å²) in [5, 5.41) is 6.71. The highest BCUT2D eigenvalue weighted by molar-refractivity contribution is 5.76. The summed E-state index contributed by atoms with van der Waals surface area (Å²) < 4.78 is 0. The summed E-state index contributed by atoms with van der Waals surface area (Å²) in [6, 6.07) is 0.340. The number of rotatable bonds is 3. The molecule has 1 unspecified atom stereocenters. The van der Waals surface area contributed by atoms with Crippen LogP contribution in [0.15, 0.2) is 0 Å². The zero-order valence-corrected chi connectivity index (χ0v) is 12.6. The molecule has 0 aromatic heterocycles. The summed E-state index contributed by atoms with van der Waals surface area (Å²) in [5.41, 5.74) is 0.178. The molecule has 3 heteroatoms. The van der Waals surface area contributed by atoms with Gasteiger partial charge in [-0.3, -0.25) is 4.79 Å². The Kier molecular flexibility index (Phi) is 5.26. The second-order valence-corrected chi connectivity index (χ2v) is 7.14. The maximum atomic E-state index is 12.2. The molecule has 0 aromatic rings. The summed E-state index contributed by atoms with van der Waals surface area (Å²) >= 11 is 0. The largest absolute Gasteiger partial charge is 0.353 e. The molecule has 1 aliphatic heterocycles. The minimum absolute atomic E-state index is 0.178. The van der Waals surface area contributed by atoms with Gasteiger partial charge in [-0.2, -0.15) is 0 Å². The summed E-state index contributed by atoms with van der Waals surface area (Å²) in [5.74, 6) is 0.916. The lowest BCUT2D eigenvalue weighted by Gasteiger charge is -2.39. The van der Waals surface area contributed by atoms with Crippen LogP contribution in [0, 0.1) is 11.3 Å². The smallest absolute Gasteiger partial charge is 0.220 e. The van der Waals surface area contributed by atoms with Crippen LogP contribution in [0.3, 0.4) is 0 Å². The normalized spacial score (nSPS) is 28.6. The van der Waals surface area contributed by atoms with Gasteiger partial charge in [-0.15, -0.1) is 0 Å². The average Bonchev–Trinajstić information content (AvgIpc) is 2.60. The molecule has 110 valence electrons. The second kappa shape index (κ2) is 6.74. The molecule has 1 amide bonds. The number of hydrogen-bond acceptors (Lipinski definition) is 2. The van der Waals surface area contributed by atoms with E-state index < -0.39 is 0 Å². The van der Waals surface area contributed by atoms with Crippen molar-refractivity contribution in [2.24, 2.45) is 11.3 Å². The van der Waals surface area contributed by atoms with Crippen molar-refractivity contribution < 1.29 is 4.79 Å². The zero-order chi connectivity index (χ0) is 13.7. The van der Waals surface area contributed by atoms with E-state index in [9.17, 15) is 4.79 Å². The van der Waals surface area contributed by atoms with E-state index in [1.807, 2.05) is 0 Å². The lowest BCUT2D eigenvalue weighted by atomic mass is 9.80. The first-order valence-electron chi connectivity index (χ1n) is 8.08.